The van der Waals surface area contributed by atoms with Gasteiger partial charge in [0.2, 0.25) is 0 Å². The highest BCUT2D eigenvalue weighted by Crippen LogP contribution is 2.38. The van der Waals surface area contributed by atoms with Crippen molar-refractivity contribution >= 4 is 0 Å². The Bertz CT molecular complexity index is 377. The predicted molar refractivity (Wildman–Crippen MR) is 76.2 cm³/mol. The number of fused-ring (bicyclic) bond motifs is 1. The summed E-state index contributed by atoms with van der Waals surface area (Å²) >= 11 is 0. The van der Waals surface area contributed by atoms with Crippen LogP contribution in [0.1, 0.15) is 45.1 Å². The van der Waals surface area contributed by atoms with Gasteiger partial charge in [-0.1, -0.05) is 38.5 Å². The molecule has 0 saturated carbocycles. The van der Waals surface area contributed by atoms with E-state index in [1.54, 1.807) is 0 Å². The third-order valence-electron chi connectivity index (χ3n) is 4.14. The fourth-order valence-electron chi connectivity index (χ4n) is 3.00. The molecule has 0 bridgehead atoms. The van der Waals surface area contributed by atoms with E-state index in [1.165, 1.54) is 18.4 Å². The first kappa shape index (κ1) is 13.4. The number of benzene rings is 1. The van der Waals surface area contributed by atoms with E-state index in [4.69, 9.17) is 4.74 Å². The van der Waals surface area contributed by atoms with E-state index in [1.807, 2.05) is 0 Å². The van der Waals surface area contributed by atoms with E-state index in [0.29, 0.717) is 12.0 Å². The molecule has 1 aromatic rings. The molecule has 0 aromatic heterocycles. The van der Waals surface area contributed by atoms with Gasteiger partial charge in [-0.2, -0.15) is 0 Å². The Hall–Kier alpha value is -1.02. The standard InChI is InChI=1S/C16H25NO/c1-4-13(12(3)17-5-2)10-14-11-18-16-9-7-6-8-15(14)16/h6-9,12-14,17H,4-5,10-11H2,1-3H3. The van der Waals surface area contributed by atoms with Crippen LogP contribution < -0.4 is 10.1 Å². The third-order valence-corrected chi connectivity index (χ3v) is 4.14. The quantitative estimate of drug-likeness (QED) is 0.829. The molecule has 0 saturated heterocycles. The number of rotatable bonds is 6. The Balaban J connectivity index is 2.01. The van der Waals surface area contributed by atoms with E-state index in [-0.39, 0.29) is 0 Å². The maximum absolute atomic E-state index is 5.78. The molecule has 3 unspecified atom stereocenters. The number of para-hydroxylation sites is 1. The fraction of sp³-hybridized carbons (Fsp3) is 0.625. The monoisotopic (exact) mass is 247 g/mol. The van der Waals surface area contributed by atoms with Crippen LogP contribution in [0.3, 0.4) is 0 Å². The van der Waals surface area contributed by atoms with Crippen LogP contribution in [0.4, 0.5) is 0 Å². The third kappa shape index (κ3) is 2.86. The molecule has 1 heterocycles. The Morgan fingerprint density at radius 2 is 2.11 bits per heavy atom. The molecule has 0 fully saturated rings. The van der Waals surface area contributed by atoms with Gasteiger partial charge in [-0.3, -0.25) is 0 Å². The van der Waals surface area contributed by atoms with Crippen molar-refractivity contribution in [3.05, 3.63) is 29.8 Å². The molecule has 0 amide bonds. The van der Waals surface area contributed by atoms with Crippen molar-refractivity contribution in [1.29, 1.82) is 0 Å². The van der Waals surface area contributed by atoms with Crippen LogP contribution in [0.25, 0.3) is 0 Å². The van der Waals surface area contributed by atoms with Crippen LogP contribution in [0.15, 0.2) is 24.3 Å². The minimum absolute atomic E-state index is 0.576. The lowest BCUT2D eigenvalue weighted by molar-refractivity contribution is 0.277. The van der Waals surface area contributed by atoms with E-state index >= 15 is 0 Å². The molecule has 18 heavy (non-hydrogen) atoms. The highest BCUT2D eigenvalue weighted by molar-refractivity contribution is 5.39. The SMILES string of the molecule is CCNC(C)C(CC)CC1COc2ccccc21. The van der Waals surface area contributed by atoms with Crippen molar-refractivity contribution in [3.63, 3.8) is 0 Å². The Morgan fingerprint density at radius 3 is 2.83 bits per heavy atom. The Morgan fingerprint density at radius 1 is 1.33 bits per heavy atom. The summed E-state index contributed by atoms with van der Waals surface area (Å²) in [4.78, 5) is 0. The second kappa shape index (κ2) is 6.24. The minimum atomic E-state index is 0.576. The van der Waals surface area contributed by atoms with E-state index in [2.05, 4.69) is 50.4 Å². The first-order valence-electron chi connectivity index (χ1n) is 7.21. The van der Waals surface area contributed by atoms with Crippen LogP contribution in [0.5, 0.6) is 5.75 Å². The van der Waals surface area contributed by atoms with Gasteiger partial charge in [0.1, 0.15) is 5.75 Å². The summed E-state index contributed by atoms with van der Waals surface area (Å²) in [7, 11) is 0. The number of hydrogen-bond donors (Lipinski definition) is 1. The molecule has 3 atom stereocenters. The molecule has 0 aliphatic carbocycles. The van der Waals surface area contributed by atoms with Gasteiger partial charge in [0, 0.05) is 17.5 Å². The van der Waals surface area contributed by atoms with Gasteiger partial charge in [-0.25, -0.2) is 0 Å². The maximum Gasteiger partial charge on any atom is 0.122 e. The minimum Gasteiger partial charge on any atom is -0.493 e. The molecule has 2 rings (SSSR count). The molecular weight excluding hydrogens is 222 g/mol. The lowest BCUT2D eigenvalue weighted by atomic mass is 9.85. The van der Waals surface area contributed by atoms with E-state index in [0.717, 1.165) is 24.8 Å². The van der Waals surface area contributed by atoms with Crippen LogP contribution in [-0.2, 0) is 0 Å². The molecule has 1 N–H and O–H groups in total. The Labute approximate surface area is 111 Å². The Kier molecular flexibility index (Phi) is 4.65. The first-order valence-corrected chi connectivity index (χ1v) is 7.21. The zero-order valence-corrected chi connectivity index (χ0v) is 11.8. The van der Waals surface area contributed by atoms with Gasteiger partial charge in [-0.05, 0) is 31.9 Å². The largest absolute Gasteiger partial charge is 0.493 e. The lowest BCUT2D eigenvalue weighted by Crippen LogP contribution is -2.34. The summed E-state index contributed by atoms with van der Waals surface area (Å²) in [5.41, 5.74) is 1.40. The zero-order chi connectivity index (χ0) is 13.0. The summed E-state index contributed by atoms with van der Waals surface area (Å²) < 4.78 is 5.78. The molecule has 0 spiro atoms. The highest BCUT2D eigenvalue weighted by Gasteiger charge is 2.27. The summed E-state index contributed by atoms with van der Waals surface area (Å²) in [5, 5.41) is 3.55. The predicted octanol–water partition coefficient (Wildman–Crippen LogP) is 3.58. The first-order chi connectivity index (χ1) is 8.76. The van der Waals surface area contributed by atoms with Crippen LogP contribution in [0, 0.1) is 5.92 Å². The average Bonchev–Trinajstić information content (AvgIpc) is 2.79. The van der Waals surface area contributed by atoms with Crippen LogP contribution in [-0.4, -0.2) is 19.2 Å². The summed E-state index contributed by atoms with van der Waals surface area (Å²) in [5.74, 6) is 2.39. The molecule has 100 valence electrons. The van der Waals surface area contributed by atoms with Crippen molar-refractivity contribution < 1.29 is 4.74 Å². The zero-order valence-electron chi connectivity index (χ0n) is 11.8. The van der Waals surface area contributed by atoms with Crippen LogP contribution in [0.2, 0.25) is 0 Å². The van der Waals surface area contributed by atoms with E-state index < -0.39 is 0 Å². The molecular formula is C16H25NO. The number of ether oxygens (including phenoxy) is 1. The molecule has 2 nitrogen and oxygen atoms in total. The topological polar surface area (TPSA) is 21.3 Å². The summed E-state index contributed by atoms with van der Waals surface area (Å²) in [6, 6.07) is 9.07. The number of hydrogen-bond acceptors (Lipinski definition) is 2. The average molecular weight is 247 g/mol. The van der Waals surface area contributed by atoms with Gasteiger partial charge in [0.05, 0.1) is 6.61 Å². The maximum atomic E-state index is 5.78. The smallest absolute Gasteiger partial charge is 0.122 e. The van der Waals surface area contributed by atoms with Crippen molar-refractivity contribution in [3.8, 4) is 5.75 Å². The fourth-order valence-corrected chi connectivity index (χ4v) is 3.00. The molecule has 1 aliphatic rings. The van der Waals surface area contributed by atoms with Crippen LogP contribution >= 0.6 is 0 Å². The van der Waals surface area contributed by atoms with E-state index in [9.17, 15) is 0 Å². The molecule has 1 aromatic carbocycles. The van der Waals surface area contributed by atoms with Gasteiger partial charge in [0.15, 0.2) is 0 Å². The van der Waals surface area contributed by atoms with Gasteiger partial charge < -0.3 is 10.1 Å². The highest BCUT2D eigenvalue weighted by atomic mass is 16.5. The van der Waals surface area contributed by atoms with Crippen molar-refractivity contribution in [2.75, 3.05) is 13.2 Å². The van der Waals surface area contributed by atoms with Crippen molar-refractivity contribution in [2.24, 2.45) is 5.92 Å². The summed E-state index contributed by atoms with van der Waals surface area (Å²) in [6.07, 6.45) is 2.45. The normalized spacial score (nSPS) is 21.2. The second-order valence-electron chi connectivity index (χ2n) is 5.30. The van der Waals surface area contributed by atoms with Crippen molar-refractivity contribution in [2.45, 2.75) is 45.6 Å². The molecule has 1 aliphatic heterocycles. The lowest BCUT2D eigenvalue weighted by Gasteiger charge is -2.25. The van der Waals surface area contributed by atoms with Gasteiger partial charge in [0.25, 0.3) is 0 Å². The van der Waals surface area contributed by atoms with Gasteiger partial charge >= 0.3 is 0 Å². The number of nitrogens with one attached hydrogen (secondary N) is 1. The second-order valence-corrected chi connectivity index (χ2v) is 5.30. The van der Waals surface area contributed by atoms with Gasteiger partial charge in [-0.15, -0.1) is 0 Å². The molecule has 0 radical (unpaired) electrons. The van der Waals surface area contributed by atoms with Crippen molar-refractivity contribution in [1.82, 2.24) is 5.32 Å². The molecule has 2 heteroatoms. The summed E-state index contributed by atoms with van der Waals surface area (Å²) in [6.45, 7) is 8.68.